The quantitative estimate of drug-likeness (QED) is 0.811. The number of nitrogens with zero attached hydrogens (tertiary/aromatic N) is 1. The van der Waals surface area contributed by atoms with Crippen LogP contribution in [0.4, 0.5) is 0 Å². The van der Waals surface area contributed by atoms with Gasteiger partial charge in [0.2, 0.25) is 0 Å². The lowest BCUT2D eigenvalue weighted by Gasteiger charge is -2.28. The third-order valence-corrected chi connectivity index (χ3v) is 3.78. The van der Waals surface area contributed by atoms with E-state index in [0.29, 0.717) is 5.54 Å². The Hall–Kier alpha value is -0.410. The fourth-order valence-corrected chi connectivity index (χ4v) is 2.94. The Labute approximate surface area is 89.8 Å². The average Bonchev–Trinajstić information content (AvgIpc) is 2.55. The van der Waals surface area contributed by atoms with E-state index in [-0.39, 0.29) is 0 Å². The average molecular weight is 210 g/mol. The van der Waals surface area contributed by atoms with Gasteiger partial charge in [0, 0.05) is 23.0 Å². The molecule has 0 aliphatic carbocycles. The third-order valence-electron chi connectivity index (χ3n) is 3.00. The highest BCUT2D eigenvalue weighted by Gasteiger charge is 2.25. The number of rotatable bonds is 2. The van der Waals surface area contributed by atoms with Crippen LogP contribution in [0, 0.1) is 0 Å². The molecule has 2 nitrogen and oxygen atoms in total. The molecule has 0 spiro atoms. The molecule has 14 heavy (non-hydrogen) atoms. The molecule has 2 heterocycles. The maximum Gasteiger partial charge on any atom is 0.0794 e. The minimum absolute atomic E-state index is 0.309. The summed E-state index contributed by atoms with van der Waals surface area (Å²) in [6, 6.07) is 0. The number of hydrogen-bond acceptors (Lipinski definition) is 3. The van der Waals surface area contributed by atoms with E-state index in [2.05, 4.69) is 17.2 Å². The molecular formula is C11H18N2S. The zero-order chi connectivity index (χ0) is 9.86. The normalized spacial score (nSPS) is 28.6. The third kappa shape index (κ3) is 2.55. The number of hydrogen-bond donors (Lipinski definition) is 1. The Bertz CT molecular complexity index is 261. The maximum absolute atomic E-state index is 4.13. The Morgan fingerprint density at radius 3 is 3.21 bits per heavy atom. The molecule has 1 aromatic rings. The molecule has 2 rings (SSSR count). The summed E-state index contributed by atoms with van der Waals surface area (Å²) in [5.74, 6) is 0. The van der Waals surface area contributed by atoms with E-state index in [9.17, 15) is 0 Å². The molecule has 1 atom stereocenters. The second-order valence-corrected chi connectivity index (χ2v) is 5.41. The first-order valence-electron chi connectivity index (χ1n) is 5.41. The Balaban J connectivity index is 1.99. The highest BCUT2D eigenvalue weighted by molar-refractivity contribution is 7.09. The van der Waals surface area contributed by atoms with Crippen molar-refractivity contribution in [2.45, 2.75) is 44.6 Å². The van der Waals surface area contributed by atoms with Crippen molar-refractivity contribution in [3.8, 4) is 0 Å². The lowest BCUT2D eigenvalue weighted by Crippen LogP contribution is -2.43. The molecule has 1 unspecified atom stereocenters. The second kappa shape index (κ2) is 4.41. The molecule has 78 valence electrons. The van der Waals surface area contributed by atoms with Gasteiger partial charge in [0.05, 0.1) is 5.51 Å². The Morgan fingerprint density at radius 2 is 2.43 bits per heavy atom. The van der Waals surface area contributed by atoms with Crippen LogP contribution in [0.3, 0.4) is 0 Å². The van der Waals surface area contributed by atoms with Crippen LogP contribution < -0.4 is 5.32 Å². The van der Waals surface area contributed by atoms with Crippen molar-refractivity contribution in [3.05, 3.63) is 16.6 Å². The minimum atomic E-state index is 0.309. The summed E-state index contributed by atoms with van der Waals surface area (Å²) in [7, 11) is 0. The van der Waals surface area contributed by atoms with E-state index in [1.165, 1.54) is 37.1 Å². The Kier molecular flexibility index (Phi) is 3.19. The number of aromatic nitrogens is 1. The lowest BCUT2D eigenvalue weighted by atomic mass is 9.92. The fraction of sp³-hybridized carbons (Fsp3) is 0.727. The predicted octanol–water partition coefficient (Wildman–Crippen LogP) is 2.61. The van der Waals surface area contributed by atoms with Crippen molar-refractivity contribution in [1.82, 2.24) is 10.3 Å². The molecule has 1 fully saturated rings. The molecule has 0 saturated carbocycles. The SMILES string of the molecule is CC1(Cc2cncs2)CCCCCN1. The van der Waals surface area contributed by atoms with E-state index in [4.69, 9.17) is 0 Å². The van der Waals surface area contributed by atoms with Gasteiger partial charge in [-0.3, -0.25) is 4.98 Å². The largest absolute Gasteiger partial charge is 0.311 e. The molecule has 1 saturated heterocycles. The monoisotopic (exact) mass is 210 g/mol. The topological polar surface area (TPSA) is 24.9 Å². The van der Waals surface area contributed by atoms with Crippen molar-refractivity contribution < 1.29 is 0 Å². The lowest BCUT2D eigenvalue weighted by molar-refractivity contribution is 0.347. The van der Waals surface area contributed by atoms with Gasteiger partial charge in [0.15, 0.2) is 0 Å². The standard InChI is InChI=1S/C11H18N2S/c1-11(5-3-2-4-6-13-11)7-10-8-12-9-14-10/h8-9,13H,2-7H2,1H3. The van der Waals surface area contributed by atoms with Crippen molar-refractivity contribution in [2.24, 2.45) is 0 Å². The van der Waals surface area contributed by atoms with Gasteiger partial charge in [-0.25, -0.2) is 0 Å². The summed E-state index contributed by atoms with van der Waals surface area (Å²) in [6.07, 6.45) is 8.51. The first-order chi connectivity index (χ1) is 6.79. The van der Waals surface area contributed by atoms with Crippen LogP contribution in [0.2, 0.25) is 0 Å². The smallest absolute Gasteiger partial charge is 0.0794 e. The second-order valence-electron chi connectivity index (χ2n) is 4.44. The minimum Gasteiger partial charge on any atom is -0.311 e. The summed E-state index contributed by atoms with van der Waals surface area (Å²) in [6.45, 7) is 3.52. The number of thiazole rings is 1. The molecule has 1 aliphatic rings. The van der Waals surface area contributed by atoms with Crippen molar-refractivity contribution >= 4 is 11.3 Å². The molecule has 3 heteroatoms. The van der Waals surface area contributed by atoms with Crippen LogP contribution in [0.25, 0.3) is 0 Å². The maximum atomic E-state index is 4.13. The van der Waals surface area contributed by atoms with Gasteiger partial charge in [-0.05, 0) is 26.3 Å². The van der Waals surface area contributed by atoms with Crippen LogP contribution in [0.1, 0.15) is 37.5 Å². The van der Waals surface area contributed by atoms with Crippen LogP contribution in [0.5, 0.6) is 0 Å². The Morgan fingerprint density at radius 1 is 1.50 bits per heavy atom. The highest BCUT2D eigenvalue weighted by Crippen LogP contribution is 2.24. The summed E-state index contributed by atoms with van der Waals surface area (Å²) in [5, 5.41) is 3.68. The molecule has 0 aromatic carbocycles. The van der Waals surface area contributed by atoms with Crippen molar-refractivity contribution in [1.29, 1.82) is 0 Å². The van der Waals surface area contributed by atoms with Crippen LogP contribution in [0.15, 0.2) is 11.7 Å². The van der Waals surface area contributed by atoms with Gasteiger partial charge in [0.25, 0.3) is 0 Å². The molecule has 0 amide bonds. The van der Waals surface area contributed by atoms with Gasteiger partial charge in [-0.1, -0.05) is 12.8 Å². The van der Waals surface area contributed by atoms with Crippen molar-refractivity contribution in [2.75, 3.05) is 6.54 Å². The van der Waals surface area contributed by atoms with Gasteiger partial charge in [-0.15, -0.1) is 11.3 Å². The van der Waals surface area contributed by atoms with E-state index in [1.54, 1.807) is 11.3 Å². The van der Waals surface area contributed by atoms with Gasteiger partial charge >= 0.3 is 0 Å². The highest BCUT2D eigenvalue weighted by atomic mass is 32.1. The zero-order valence-corrected chi connectivity index (χ0v) is 9.57. The first-order valence-corrected chi connectivity index (χ1v) is 6.29. The summed E-state index contributed by atoms with van der Waals surface area (Å²) < 4.78 is 0. The van der Waals surface area contributed by atoms with E-state index in [0.717, 1.165) is 6.42 Å². The fourth-order valence-electron chi connectivity index (χ4n) is 2.16. The van der Waals surface area contributed by atoms with E-state index >= 15 is 0 Å². The van der Waals surface area contributed by atoms with Gasteiger partial charge in [0.1, 0.15) is 0 Å². The summed E-state index contributed by atoms with van der Waals surface area (Å²) in [4.78, 5) is 5.54. The molecule has 1 N–H and O–H groups in total. The van der Waals surface area contributed by atoms with E-state index < -0.39 is 0 Å². The van der Waals surface area contributed by atoms with Crippen LogP contribution in [-0.4, -0.2) is 17.1 Å². The van der Waals surface area contributed by atoms with Crippen molar-refractivity contribution in [3.63, 3.8) is 0 Å². The van der Waals surface area contributed by atoms with E-state index in [1.807, 2.05) is 11.7 Å². The summed E-state index contributed by atoms with van der Waals surface area (Å²) >= 11 is 1.77. The summed E-state index contributed by atoms with van der Waals surface area (Å²) in [5.41, 5.74) is 2.23. The zero-order valence-electron chi connectivity index (χ0n) is 8.75. The van der Waals surface area contributed by atoms with Gasteiger partial charge < -0.3 is 5.32 Å². The molecule has 0 radical (unpaired) electrons. The number of nitrogens with one attached hydrogen (secondary N) is 1. The first kappa shape index (κ1) is 10.1. The van der Waals surface area contributed by atoms with Crippen LogP contribution >= 0.6 is 11.3 Å². The molecule has 0 bridgehead atoms. The van der Waals surface area contributed by atoms with Gasteiger partial charge in [-0.2, -0.15) is 0 Å². The predicted molar refractivity (Wildman–Crippen MR) is 60.7 cm³/mol. The molecular weight excluding hydrogens is 192 g/mol. The molecule has 1 aliphatic heterocycles. The van der Waals surface area contributed by atoms with Crippen LogP contribution in [-0.2, 0) is 6.42 Å². The molecule has 1 aromatic heterocycles.